The van der Waals surface area contributed by atoms with Crippen molar-refractivity contribution in [1.29, 1.82) is 0 Å². The van der Waals surface area contributed by atoms with Crippen molar-refractivity contribution in [2.75, 3.05) is 5.32 Å². The molecule has 3 rings (SSSR count). The second-order valence-corrected chi connectivity index (χ2v) is 7.83. The summed E-state index contributed by atoms with van der Waals surface area (Å²) in [4.78, 5) is 4.68. The number of halogens is 1. The Morgan fingerprint density at radius 1 is 1.14 bits per heavy atom. The number of nitrogens with one attached hydrogen (secondary N) is 2. The minimum atomic E-state index is -3.59. The van der Waals surface area contributed by atoms with E-state index in [2.05, 4.69) is 37.6 Å². The van der Waals surface area contributed by atoms with Crippen molar-refractivity contribution in [3.63, 3.8) is 0 Å². The van der Waals surface area contributed by atoms with Gasteiger partial charge >= 0.3 is 0 Å². The van der Waals surface area contributed by atoms with Crippen molar-refractivity contribution in [1.82, 2.24) is 4.72 Å². The molecule has 0 saturated heterocycles. The van der Waals surface area contributed by atoms with E-state index in [1.54, 1.807) is 12.1 Å². The number of benzene rings is 2. The predicted molar refractivity (Wildman–Crippen MR) is 95.4 cm³/mol. The molecule has 2 N–H and O–H groups in total. The molecule has 5 nitrogen and oxygen atoms in total. The van der Waals surface area contributed by atoms with Crippen LogP contribution in [0, 0.1) is 3.57 Å². The highest BCUT2D eigenvalue weighted by atomic mass is 127. The van der Waals surface area contributed by atoms with Gasteiger partial charge in [0.05, 0.1) is 11.7 Å². The molecular formula is C15H14IN3O2S. The maximum Gasteiger partial charge on any atom is 0.266 e. The normalized spacial score (nSPS) is 18.9. The van der Waals surface area contributed by atoms with E-state index in [9.17, 15) is 8.42 Å². The summed E-state index contributed by atoms with van der Waals surface area (Å²) < 4.78 is 28.0. The number of fused-ring (bicyclic) bond motifs is 1. The molecule has 0 spiro atoms. The van der Waals surface area contributed by atoms with E-state index in [-0.39, 0.29) is 16.9 Å². The van der Waals surface area contributed by atoms with Crippen molar-refractivity contribution in [2.45, 2.75) is 17.9 Å². The van der Waals surface area contributed by atoms with E-state index in [0.29, 0.717) is 5.69 Å². The molecule has 1 aliphatic rings. The van der Waals surface area contributed by atoms with Crippen LogP contribution in [0.1, 0.15) is 18.5 Å². The van der Waals surface area contributed by atoms with E-state index in [1.807, 2.05) is 43.3 Å². The Bertz CT molecular complexity index is 835. The molecule has 2 aromatic rings. The lowest BCUT2D eigenvalue weighted by molar-refractivity contribution is 0.591. The lowest BCUT2D eigenvalue weighted by Gasteiger charge is -2.22. The van der Waals surface area contributed by atoms with Crippen LogP contribution in [0.5, 0.6) is 0 Å². The van der Waals surface area contributed by atoms with Crippen LogP contribution >= 0.6 is 22.6 Å². The van der Waals surface area contributed by atoms with Crippen molar-refractivity contribution < 1.29 is 8.42 Å². The number of rotatable bonds is 2. The molecule has 0 aliphatic carbocycles. The van der Waals surface area contributed by atoms with E-state index in [1.165, 1.54) is 0 Å². The predicted octanol–water partition coefficient (Wildman–Crippen LogP) is 3.11. The first-order chi connectivity index (χ1) is 10.5. The minimum absolute atomic E-state index is 0.156. The lowest BCUT2D eigenvalue weighted by Crippen LogP contribution is -2.41. The number of aliphatic imine (C=N–C) groups is 1. The molecule has 22 heavy (non-hydrogen) atoms. The number of sulfonamides is 1. The summed E-state index contributed by atoms with van der Waals surface area (Å²) in [6.07, 6.45) is 0. The number of anilines is 1. The third kappa shape index (κ3) is 3.09. The van der Waals surface area contributed by atoms with Crippen LogP contribution in [-0.2, 0) is 10.0 Å². The van der Waals surface area contributed by atoms with Crippen molar-refractivity contribution in [2.24, 2.45) is 4.99 Å². The summed E-state index contributed by atoms with van der Waals surface area (Å²) >= 11 is 2.09. The molecule has 114 valence electrons. The Balaban J connectivity index is 1.95. The fourth-order valence-corrected chi connectivity index (χ4v) is 4.08. The third-order valence-corrected chi connectivity index (χ3v) is 5.37. The second-order valence-electron chi connectivity index (χ2n) is 4.94. The van der Waals surface area contributed by atoms with Gasteiger partial charge in [0.25, 0.3) is 10.0 Å². The van der Waals surface area contributed by atoms with E-state index in [4.69, 9.17) is 0 Å². The highest BCUT2D eigenvalue weighted by molar-refractivity contribution is 14.1. The van der Waals surface area contributed by atoms with Crippen LogP contribution in [0.25, 0.3) is 0 Å². The Morgan fingerprint density at radius 3 is 2.59 bits per heavy atom. The van der Waals surface area contributed by atoms with Crippen LogP contribution in [0.4, 0.5) is 5.69 Å². The smallest absolute Gasteiger partial charge is 0.266 e. The first-order valence-electron chi connectivity index (χ1n) is 6.68. The van der Waals surface area contributed by atoms with Gasteiger partial charge in [-0.3, -0.25) is 0 Å². The molecule has 0 aromatic heterocycles. The largest absolute Gasteiger partial charge is 0.324 e. The van der Waals surface area contributed by atoms with Gasteiger partial charge in [-0.2, -0.15) is 0 Å². The molecule has 0 amide bonds. The van der Waals surface area contributed by atoms with Crippen LogP contribution in [0.3, 0.4) is 0 Å². The highest BCUT2D eigenvalue weighted by Crippen LogP contribution is 2.27. The van der Waals surface area contributed by atoms with Gasteiger partial charge in [0.1, 0.15) is 4.90 Å². The molecule has 0 fully saturated rings. The van der Waals surface area contributed by atoms with Gasteiger partial charge in [0, 0.05) is 3.57 Å². The lowest BCUT2D eigenvalue weighted by atomic mass is 10.1. The van der Waals surface area contributed by atoms with Crippen molar-refractivity contribution in [3.8, 4) is 0 Å². The zero-order chi connectivity index (χ0) is 15.7. The quantitative estimate of drug-likeness (QED) is 0.724. The Labute approximate surface area is 143 Å². The number of hydrogen-bond donors (Lipinski definition) is 2. The average Bonchev–Trinajstić information content (AvgIpc) is 2.48. The summed E-state index contributed by atoms with van der Waals surface area (Å²) in [7, 11) is -3.59. The van der Waals surface area contributed by atoms with Crippen LogP contribution in [-0.4, -0.2) is 14.4 Å². The van der Waals surface area contributed by atoms with Gasteiger partial charge in [0.2, 0.25) is 5.96 Å². The fraction of sp³-hybridized carbons (Fsp3) is 0.133. The van der Waals surface area contributed by atoms with Gasteiger partial charge < -0.3 is 5.32 Å². The zero-order valence-electron chi connectivity index (χ0n) is 11.7. The van der Waals surface area contributed by atoms with Gasteiger partial charge in [-0.15, -0.1) is 0 Å². The van der Waals surface area contributed by atoms with Gasteiger partial charge in [0.15, 0.2) is 0 Å². The van der Waals surface area contributed by atoms with Gasteiger partial charge in [-0.1, -0.05) is 30.3 Å². The Kier molecular flexibility index (Phi) is 4.09. The molecule has 0 bridgehead atoms. The van der Waals surface area contributed by atoms with Gasteiger partial charge in [-0.05, 0) is 53.3 Å². The van der Waals surface area contributed by atoms with E-state index >= 15 is 0 Å². The fourth-order valence-electron chi connectivity index (χ4n) is 2.22. The maximum absolute atomic E-state index is 12.3. The first-order valence-corrected chi connectivity index (χ1v) is 9.24. The van der Waals surface area contributed by atoms with E-state index < -0.39 is 10.0 Å². The standard InChI is InChI=1S/C15H14IN3O2S/c1-10(11-5-3-2-4-6-11)17-15-18-13-8-7-12(16)9-14(13)22(20,21)19-15/h2-10H,1H3,(H2,17,18,19)/t10-/m0/s1. The molecule has 1 heterocycles. The Morgan fingerprint density at radius 2 is 1.86 bits per heavy atom. The van der Waals surface area contributed by atoms with Crippen molar-refractivity contribution in [3.05, 3.63) is 57.7 Å². The van der Waals surface area contributed by atoms with E-state index in [0.717, 1.165) is 9.13 Å². The minimum Gasteiger partial charge on any atom is -0.324 e. The molecular weight excluding hydrogens is 413 g/mol. The summed E-state index contributed by atoms with van der Waals surface area (Å²) in [6, 6.07) is 14.8. The number of nitrogens with zero attached hydrogens (tertiary/aromatic N) is 1. The highest BCUT2D eigenvalue weighted by Gasteiger charge is 2.27. The maximum atomic E-state index is 12.3. The summed E-state index contributed by atoms with van der Waals surface area (Å²) in [5, 5.41) is 3.04. The summed E-state index contributed by atoms with van der Waals surface area (Å²) in [5.41, 5.74) is 1.56. The SMILES string of the molecule is C[C@H](N=C1Nc2ccc(I)cc2S(=O)(=O)N1)c1ccccc1. The second kappa shape index (κ2) is 5.88. The van der Waals surface area contributed by atoms with Crippen LogP contribution in [0.2, 0.25) is 0 Å². The van der Waals surface area contributed by atoms with Crippen molar-refractivity contribution >= 4 is 44.3 Å². The molecule has 1 aliphatic heterocycles. The Hall–Kier alpha value is -1.61. The van der Waals surface area contributed by atoms with Crippen LogP contribution in [0.15, 0.2) is 58.4 Å². The topological polar surface area (TPSA) is 70.6 Å². The number of guanidine groups is 1. The zero-order valence-corrected chi connectivity index (χ0v) is 14.7. The molecule has 0 unspecified atom stereocenters. The summed E-state index contributed by atoms with van der Waals surface area (Å²) in [5.74, 6) is 0.241. The molecule has 0 saturated carbocycles. The third-order valence-electron chi connectivity index (χ3n) is 3.32. The summed E-state index contributed by atoms with van der Waals surface area (Å²) in [6.45, 7) is 1.92. The van der Waals surface area contributed by atoms with Crippen LogP contribution < -0.4 is 10.0 Å². The molecule has 2 aromatic carbocycles. The molecule has 1 atom stereocenters. The average molecular weight is 427 g/mol. The molecule has 0 radical (unpaired) electrons. The monoisotopic (exact) mass is 427 g/mol. The number of hydrogen-bond acceptors (Lipinski definition) is 3. The first kappa shape index (κ1) is 15.3. The molecule has 7 heteroatoms. The van der Waals surface area contributed by atoms with Gasteiger partial charge in [-0.25, -0.2) is 18.1 Å².